The van der Waals surface area contributed by atoms with Crippen molar-refractivity contribution in [3.8, 4) is 0 Å². The number of nitro benzene ring substituents is 1. The molecule has 0 aliphatic carbocycles. The Labute approximate surface area is 137 Å². The van der Waals surface area contributed by atoms with E-state index in [9.17, 15) is 14.9 Å². The zero-order valence-electron chi connectivity index (χ0n) is 12.5. The molecule has 0 spiro atoms. The van der Waals surface area contributed by atoms with E-state index in [1.165, 1.54) is 23.5 Å². The van der Waals surface area contributed by atoms with Gasteiger partial charge in [-0.2, -0.15) is 0 Å². The zero-order valence-corrected chi connectivity index (χ0v) is 13.3. The Morgan fingerprint density at radius 2 is 2.09 bits per heavy atom. The molecule has 2 aromatic rings. The number of hydrogen-bond donors (Lipinski definition) is 1. The minimum atomic E-state index is -0.413. The van der Waals surface area contributed by atoms with E-state index >= 15 is 0 Å². The van der Waals surface area contributed by atoms with E-state index in [0.717, 1.165) is 42.6 Å². The van der Waals surface area contributed by atoms with Gasteiger partial charge in [0.1, 0.15) is 0 Å². The molecule has 3 aliphatic rings. The highest BCUT2D eigenvalue weighted by Gasteiger charge is 2.35. The second kappa shape index (κ2) is 5.58. The predicted molar refractivity (Wildman–Crippen MR) is 88.9 cm³/mol. The van der Waals surface area contributed by atoms with Crippen molar-refractivity contribution in [1.82, 2.24) is 10.2 Å². The Morgan fingerprint density at radius 3 is 2.74 bits per heavy atom. The summed E-state index contributed by atoms with van der Waals surface area (Å²) in [4.78, 5) is 26.0. The maximum absolute atomic E-state index is 12.5. The first-order chi connectivity index (χ1) is 11.1. The molecule has 5 rings (SSSR count). The Kier molecular flexibility index (Phi) is 3.54. The molecule has 0 saturated carbocycles. The minimum absolute atomic E-state index is 0.0552. The van der Waals surface area contributed by atoms with Crippen molar-refractivity contribution in [2.75, 3.05) is 19.6 Å². The molecule has 1 aromatic carbocycles. The fourth-order valence-electron chi connectivity index (χ4n) is 3.62. The molecule has 1 N–H and O–H groups in total. The molecule has 1 amide bonds. The molecule has 6 nitrogen and oxygen atoms in total. The molecule has 1 aromatic heterocycles. The van der Waals surface area contributed by atoms with Gasteiger partial charge in [-0.25, -0.2) is 0 Å². The van der Waals surface area contributed by atoms with Gasteiger partial charge >= 0.3 is 0 Å². The fraction of sp³-hybridized carbons (Fsp3) is 0.438. The first-order valence-corrected chi connectivity index (χ1v) is 8.63. The summed E-state index contributed by atoms with van der Waals surface area (Å²) in [7, 11) is 0. The lowest BCUT2D eigenvalue weighted by atomic mass is 9.84. The summed E-state index contributed by atoms with van der Waals surface area (Å²) in [5, 5.41) is 14.8. The molecule has 3 aliphatic heterocycles. The molecule has 2 bridgehead atoms. The molecule has 23 heavy (non-hydrogen) atoms. The van der Waals surface area contributed by atoms with Crippen LogP contribution in [-0.4, -0.2) is 41.4 Å². The van der Waals surface area contributed by atoms with Gasteiger partial charge in [-0.05, 0) is 44.0 Å². The second-order valence-electron chi connectivity index (χ2n) is 6.31. The first kappa shape index (κ1) is 14.6. The van der Waals surface area contributed by atoms with Crippen LogP contribution in [0.4, 0.5) is 5.69 Å². The van der Waals surface area contributed by atoms with Gasteiger partial charge in [-0.15, -0.1) is 11.3 Å². The van der Waals surface area contributed by atoms with Crippen LogP contribution in [0, 0.1) is 16.0 Å². The Balaban J connectivity index is 1.54. The number of carbonyl (C=O) groups excluding carboxylic acids is 1. The molecule has 3 fully saturated rings. The van der Waals surface area contributed by atoms with Gasteiger partial charge in [0.05, 0.1) is 9.80 Å². The highest BCUT2D eigenvalue weighted by atomic mass is 32.1. The number of nitrogens with one attached hydrogen (secondary N) is 1. The van der Waals surface area contributed by atoms with E-state index in [-0.39, 0.29) is 17.6 Å². The second-order valence-corrected chi connectivity index (χ2v) is 7.39. The topological polar surface area (TPSA) is 75.5 Å². The van der Waals surface area contributed by atoms with Crippen LogP contribution in [0.2, 0.25) is 0 Å². The van der Waals surface area contributed by atoms with Crippen LogP contribution in [-0.2, 0) is 0 Å². The Hall–Kier alpha value is -1.99. The number of piperidine rings is 3. The van der Waals surface area contributed by atoms with Crippen LogP contribution >= 0.6 is 11.3 Å². The average molecular weight is 331 g/mol. The average Bonchev–Trinajstić information content (AvgIpc) is 2.99. The van der Waals surface area contributed by atoms with Crippen molar-refractivity contribution in [3.05, 3.63) is 39.3 Å². The lowest BCUT2D eigenvalue weighted by Crippen LogP contribution is -2.57. The van der Waals surface area contributed by atoms with Crippen LogP contribution in [0.25, 0.3) is 10.1 Å². The third-order valence-electron chi connectivity index (χ3n) is 4.91. The summed E-state index contributed by atoms with van der Waals surface area (Å²) in [5.41, 5.74) is 0.0552. The van der Waals surface area contributed by atoms with Gasteiger partial charge in [0.2, 0.25) is 0 Å². The smallest absolute Gasteiger partial charge is 0.270 e. The van der Waals surface area contributed by atoms with Crippen LogP contribution in [0.15, 0.2) is 24.3 Å². The van der Waals surface area contributed by atoms with Crippen LogP contribution < -0.4 is 5.32 Å². The van der Waals surface area contributed by atoms with E-state index in [1.54, 1.807) is 12.1 Å². The number of fused-ring (bicyclic) bond motifs is 4. The molecule has 3 saturated heterocycles. The number of benzene rings is 1. The van der Waals surface area contributed by atoms with E-state index in [0.29, 0.717) is 10.8 Å². The molecule has 4 heterocycles. The summed E-state index contributed by atoms with van der Waals surface area (Å²) < 4.78 is 0.898. The quantitative estimate of drug-likeness (QED) is 0.693. The van der Waals surface area contributed by atoms with Crippen LogP contribution in [0.3, 0.4) is 0 Å². The highest BCUT2D eigenvalue weighted by molar-refractivity contribution is 7.20. The van der Waals surface area contributed by atoms with E-state index in [2.05, 4.69) is 10.2 Å². The number of nitro groups is 1. The third-order valence-corrected chi connectivity index (χ3v) is 6.02. The van der Waals surface area contributed by atoms with Gasteiger partial charge in [0, 0.05) is 34.8 Å². The van der Waals surface area contributed by atoms with Crippen LogP contribution in [0.1, 0.15) is 22.5 Å². The van der Waals surface area contributed by atoms with Gasteiger partial charge < -0.3 is 10.2 Å². The van der Waals surface area contributed by atoms with Crippen molar-refractivity contribution in [2.45, 2.75) is 18.9 Å². The monoisotopic (exact) mass is 331 g/mol. The first-order valence-electron chi connectivity index (χ1n) is 7.81. The normalized spacial score (nSPS) is 26.3. The summed E-state index contributed by atoms with van der Waals surface area (Å²) >= 11 is 1.39. The van der Waals surface area contributed by atoms with Crippen molar-refractivity contribution < 1.29 is 9.72 Å². The molecule has 7 heteroatoms. The predicted octanol–water partition coefficient (Wildman–Crippen LogP) is 2.63. The van der Waals surface area contributed by atoms with Crippen molar-refractivity contribution in [1.29, 1.82) is 0 Å². The molecule has 120 valence electrons. The highest BCUT2D eigenvalue weighted by Crippen LogP contribution is 2.30. The third kappa shape index (κ3) is 2.70. The lowest BCUT2D eigenvalue weighted by molar-refractivity contribution is -0.384. The van der Waals surface area contributed by atoms with Crippen LogP contribution in [0.5, 0.6) is 0 Å². The number of hydrogen-bond acceptors (Lipinski definition) is 5. The Morgan fingerprint density at radius 1 is 1.30 bits per heavy atom. The molecule has 0 radical (unpaired) electrons. The maximum Gasteiger partial charge on any atom is 0.270 e. The van der Waals surface area contributed by atoms with Crippen molar-refractivity contribution in [2.24, 2.45) is 5.92 Å². The molecular formula is C16H17N3O3S. The summed E-state index contributed by atoms with van der Waals surface area (Å²) in [6.45, 7) is 3.22. The van der Waals surface area contributed by atoms with Crippen molar-refractivity contribution in [3.63, 3.8) is 0 Å². The largest absolute Gasteiger partial charge is 0.347 e. The van der Waals surface area contributed by atoms with E-state index in [1.807, 2.05) is 0 Å². The summed E-state index contributed by atoms with van der Waals surface area (Å²) in [6, 6.07) is 6.70. The maximum atomic E-state index is 12.5. The minimum Gasteiger partial charge on any atom is -0.347 e. The molecular weight excluding hydrogens is 314 g/mol. The van der Waals surface area contributed by atoms with E-state index < -0.39 is 4.92 Å². The van der Waals surface area contributed by atoms with Gasteiger partial charge in [-0.3, -0.25) is 14.9 Å². The van der Waals surface area contributed by atoms with Gasteiger partial charge in [-0.1, -0.05) is 0 Å². The molecule has 0 unspecified atom stereocenters. The van der Waals surface area contributed by atoms with Gasteiger partial charge in [0.25, 0.3) is 11.6 Å². The summed E-state index contributed by atoms with van der Waals surface area (Å²) in [5.74, 6) is 0.520. The van der Waals surface area contributed by atoms with Crippen molar-refractivity contribution >= 4 is 33.0 Å². The molecule has 1 atom stereocenters. The van der Waals surface area contributed by atoms with E-state index in [4.69, 9.17) is 0 Å². The number of nitrogens with zero attached hydrogens (tertiary/aromatic N) is 2. The number of rotatable bonds is 3. The zero-order chi connectivity index (χ0) is 16.0. The number of carbonyl (C=O) groups is 1. The van der Waals surface area contributed by atoms with Gasteiger partial charge in [0.15, 0.2) is 0 Å². The number of thiophene rings is 1. The standard InChI is InChI=1S/C16H17N3O3S/c20-16(17-13-9-18-5-3-10(13)4-6-18)15-8-11-7-12(19(21)22)1-2-14(11)23-15/h1-2,7-8,10,13H,3-6,9H2,(H,17,20)/t13-/m1/s1. The fourth-order valence-corrected chi connectivity index (χ4v) is 4.57. The lowest BCUT2D eigenvalue weighted by Gasteiger charge is -2.44. The number of non-ortho nitro benzene ring substituents is 1. The Bertz CT molecular complexity index is 780. The SMILES string of the molecule is O=C(N[C@@H]1CN2CCC1CC2)c1cc2cc([N+](=O)[O-])ccc2s1. The number of amides is 1. The summed E-state index contributed by atoms with van der Waals surface area (Å²) in [6.07, 6.45) is 2.31.